The van der Waals surface area contributed by atoms with E-state index in [1.54, 1.807) is 12.0 Å². The summed E-state index contributed by atoms with van der Waals surface area (Å²) < 4.78 is 3.92. The zero-order chi connectivity index (χ0) is 39.2. The van der Waals surface area contributed by atoms with Crippen molar-refractivity contribution in [3.8, 4) is 33.4 Å². The van der Waals surface area contributed by atoms with Crippen LogP contribution in [0.4, 0.5) is 0 Å². The summed E-state index contributed by atoms with van der Waals surface area (Å²) >= 11 is -2.87. The van der Waals surface area contributed by atoms with Crippen LogP contribution in [0.1, 0.15) is 86.1 Å². The second-order valence-electron chi connectivity index (χ2n) is 18.3. The van der Waals surface area contributed by atoms with E-state index in [9.17, 15) is 0 Å². The van der Waals surface area contributed by atoms with Gasteiger partial charge in [-0.05, 0) is 0 Å². The maximum absolute atomic E-state index is 2.87. The third kappa shape index (κ3) is 8.99. The van der Waals surface area contributed by atoms with E-state index in [1.807, 2.05) is 0 Å². The molecular formula is C55H56Cl2Zr. The first-order chi connectivity index (χ1) is 26.8. The van der Waals surface area contributed by atoms with Crippen LogP contribution in [0.15, 0.2) is 152 Å². The Bertz CT molecular complexity index is 2430. The van der Waals surface area contributed by atoms with Crippen LogP contribution in [0.5, 0.6) is 0 Å². The summed E-state index contributed by atoms with van der Waals surface area (Å²) in [6.45, 7) is 18.9. The summed E-state index contributed by atoms with van der Waals surface area (Å²) in [7, 11) is 0. The van der Waals surface area contributed by atoms with E-state index in [0.29, 0.717) is 3.63 Å². The Hall–Kier alpha value is -3.87. The Morgan fingerprint density at radius 1 is 0.552 bits per heavy atom. The molecule has 0 saturated carbocycles. The fraction of sp³-hybridized carbons (Fsp3) is 0.255. The fourth-order valence-corrected chi connectivity index (χ4v) is 18.0. The van der Waals surface area contributed by atoms with Gasteiger partial charge in [-0.1, -0.05) is 0 Å². The topological polar surface area (TPSA) is 0 Å². The molecule has 0 N–H and O–H groups in total. The molecule has 0 amide bonds. The smallest absolute Gasteiger partial charge is 1.00 e. The van der Waals surface area contributed by atoms with Gasteiger partial charge in [0.2, 0.25) is 0 Å². The van der Waals surface area contributed by atoms with E-state index in [4.69, 9.17) is 0 Å². The molecule has 0 radical (unpaired) electrons. The predicted octanol–water partition coefficient (Wildman–Crippen LogP) is 7.63. The minimum absolute atomic E-state index is 0. The van der Waals surface area contributed by atoms with Gasteiger partial charge in [0.1, 0.15) is 0 Å². The number of hydrogen-bond donors (Lipinski definition) is 0. The van der Waals surface area contributed by atoms with Crippen molar-refractivity contribution >= 4 is 6.48 Å². The van der Waals surface area contributed by atoms with Gasteiger partial charge in [-0.25, -0.2) is 0 Å². The molecule has 0 atom stereocenters. The standard InChI is InChI=1S/C35H37.C15H14.C5H5.2ClH.Zr/c1-22-9-13-24(14-10-22)30-18-26-17-27-19-31(25-15-11-23(2)12-16-25)33(35(6,7)8)21-29(27)28(26)20-32(30)34(3,4)5;1-3-8-14(9-4-1)12-7-13-15-10-5-2-6-11-15;1-2-4-5-3-1;;;/h9-16,18,20-21H,17H2,1-8H3;1-6,8-11H,12-13H2;1-5H;2*1H;/q;;;;;+2/p-2. The first-order valence-electron chi connectivity index (χ1n) is 20.5. The number of hydrogen-bond acceptors (Lipinski definition) is 0. The number of benzene rings is 6. The van der Waals surface area contributed by atoms with Crippen molar-refractivity contribution in [1.82, 2.24) is 0 Å². The van der Waals surface area contributed by atoms with Crippen molar-refractivity contribution in [3.63, 3.8) is 0 Å². The predicted molar refractivity (Wildman–Crippen MR) is 239 cm³/mol. The molecule has 6 aromatic rings. The summed E-state index contributed by atoms with van der Waals surface area (Å²) in [4.78, 5) is 0. The van der Waals surface area contributed by atoms with Crippen molar-refractivity contribution < 1.29 is 46.1 Å². The fourth-order valence-electron chi connectivity index (χ4n) is 9.02. The molecule has 8 rings (SSSR count). The van der Waals surface area contributed by atoms with Gasteiger partial charge < -0.3 is 24.8 Å². The van der Waals surface area contributed by atoms with E-state index in [0.717, 1.165) is 19.3 Å². The second kappa shape index (κ2) is 17.8. The van der Waals surface area contributed by atoms with E-state index >= 15 is 0 Å². The summed E-state index contributed by atoms with van der Waals surface area (Å²) in [5.41, 5.74) is 19.8. The van der Waals surface area contributed by atoms with Gasteiger partial charge >= 0.3 is 346 Å². The Kier molecular flexibility index (Phi) is 13.4. The van der Waals surface area contributed by atoms with Crippen LogP contribution in [0.2, 0.25) is 3.63 Å². The first kappa shape index (κ1) is 43.7. The Morgan fingerprint density at radius 2 is 1.03 bits per heavy atom. The largest absolute Gasteiger partial charge is 1.00 e. The molecule has 58 heavy (non-hydrogen) atoms. The summed E-state index contributed by atoms with van der Waals surface area (Å²) in [6.07, 6.45) is 12.8. The normalized spacial score (nSPS) is 12.9. The summed E-state index contributed by atoms with van der Waals surface area (Å²) in [6, 6.07) is 49.1. The quantitative estimate of drug-likeness (QED) is 0.148. The number of rotatable bonds is 8. The molecule has 0 spiro atoms. The molecule has 0 bridgehead atoms. The molecule has 0 fully saturated rings. The van der Waals surface area contributed by atoms with Gasteiger partial charge in [-0.2, -0.15) is 0 Å². The summed E-state index contributed by atoms with van der Waals surface area (Å²) in [5.74, 6) is 0. The number of aryl methyl sites for hydroxylation is 2. The number of allylic oxidation sites excluding steroid dienone is 4. The molecule has 0 saturated heterocycles. The van der Waals surface area contributed by atoms with Gasteiger partial charge in [0.15, 0.2) is 0 Å². The molecule has 6 aromatic carbocycles. The Labute approximate surface area is 368 Å². The molecule has 0 aliphatic heterocycles. The van der Waals surface area contributed by atoms with Crippen LogP contribution in [-0.4, -0.2) is 3.21 Å². The molecule has 0 nitrogen and oxygen atoms in total. The van der Waals surface area contributed by atoms with Crippen molar-refractivity contribution in [3.05, 3.63) is 196 Å². The van der Waals surface area contributed by atoms with Gasteiger partial charge in [-0.15, -0.1) is 0 Å². The second-order valence-corrected chi connectivity index (χ2v) is 24.9. The zero-order valence-electron chi connectivity index (χ0n) is 35.4. The average molecular weight is 879 g/mol. The number of fused-ring (bicyclic) bond motifs is 3. The minimum Gasteiger partial charge on any atom is -1.00 e. The number of halogens is 2. The molecule has 0 aromatic heterocycles. The van der Waals surface area contributed by atoms with Crippen LogP contribution in [-0.2, 0) is 51.4 Å². The maximum atomic E-state index is 2.63. The third-order valence-electron chi connectivity index (χ3n) is 11.9. The van der Waals surface area contributed by atoms with Crippen molar-refractivity contribution in [2.45, 2.75) is 89.1 Å². The van der Waals surface area contributed by atoms with Crippen LogP contribution in [0.25, 0.3) is 33.4 Å². The van der Waals surface area contributed by atoms with Crippen molar-refractivity contribution in [2.24, 2.45) is 0 Å². The monoisotopic (exact) mass is 876 g/mol. The minimum atomic E-state index is -2.87. The SMILES string of the molecule is Cc1ccc(-c2cc3c(cc2C(C)(C)C)-c2cc(C(C)(C)C)c(-c4ccc(C)cc4)[c]([Zr+2](=[C](Cc4ccccc4)Cc4ccccc4)[CH]4C=CC=C4)c2C3)cc1.[Cl-].[Cl-]. The first-order valence-corrected chi connectivity index (χ1v) is 24.4. The zero-order valence-corrected chi connectivity index (χ0v) is 39.4. The Morgan fingerprint density at radius 3 is 1.53 bits per heavy atom. The van der Waals surface area contributed by atoms with E-state index in [1.165, 1.54) is 72.3 Å². The van der Waals surface area contributed by atoms with Crippen LogP contribution < -0.4 is 28.1 Å². The molecular weight excluding hydrogens is 823 g/mol. The van der Waals surface area contributed by atoms with Crippen molar-refractivity contribution in [2.75, 3.05) is 0 Å². The molecule has 3 heteroatoms. The van der Waals surface area contributed by atoms with Gasteiger partial charge in [0, 0.05) is 0 Å². The van der Waals surface area contributed by atoms with Crippen LogP contribution in [0.3, 0.4) is 0 Å². The molecule has 0 heterocycles. The van der Waals surface area contributed by atoms with Gasteiger partial charge in [0.05, 0.1) is 0 Å². The summed E-state index contributed by atoms with van der Waals surface area (Å²) in [5, 5.41) is 0. The van der Waals surface area contributed by atoms with Crippen LogP contribution >= 0.6 is 0 Å². The van der Waals surface area contributed by atoms with E-state index < -0.39 is 21.3 Å². The molecule has 2 aliphatic rings. The van der Waals surface area contributed by atoms with Gasteiger partial charge in [-0.3, -0.25) is 0 Å². The Balaban J connectivity index is 0.00000283. The molecule has 0 unspecified atom stereocenters. The third-order valence-corrected chi connectivity index (χ3v) is 19.9. The molecule has 294 valence electrons. The average Bonchev–Trinajstić information content (AvgIpc) is 3.83. The van der Waals surface area contributed by atoms with E-state index in [-0.39, 0.29) is 35.6 Å². The van der Waals surface area contributed by atoms with Gasteiger partial charge in [0.25, 0.3) is 0 Å². The van der Waals surface area contributed by atoms with E-state index in [2.05, 4.69) is 207 Å². The van der Waals surface area contributed by atoms with Crippen LogP contribution in [0, 0.1) is 13.8 Å². The maximum Gasteiger partial charge on any atom is -1.00 e. The molecule has 2 aliphatic carbocycles. The van der Waals surface area contributed by atoms with Crippen molar-refractivity contribution in [1.29, 1.82) is 0 Å².